The molecule has 0 saturated carbocycles. The molecule has 0 radical (unpaired) electrons. The van der Waals surface area contributed by atoms with Gasteiger partial charge >= 0.3 is 12.0 Å². The van der Waals surface area contributed by atoms with Crippen LogP contribution in [-0.4, -0.2) is 53.4 Å². The summed E-state index contributed by atoms with van der Waals surface area (Å²) in [5.41, 5.74) is 0.651. The number of nitrogens with zero attached hydrogens (tertiary/aromatic N) is 1. The molecule has 0 aliphatic heterocycles. The number of aliphatic carboxylic acids is 1. The number of rotatable bonds is 9. The second kappa shape index (κ2) is 8.92. The molecule has 112 valence electrons. The van der Waals surface area contributed by atoms with Gasteiger partial charge in [0, 0.05) is 38.6 Å². The topological polar surface area (TPSA) is 116 Å². The van der Waals surface area contributed by atoms with E-state index in [0.29, 0.717) is 18.8 Å². The zero-order chi connectivity index (χ0) is 14.8. The maximum Gasteiger partial charge on any atom is 0.326 e. The van der Waals surface area contributed by atoms with Crippen LogP contribution in [0.1, 0.15) is 18.5 Å². The molecule has 0 aromatic carbocycles. The molecule has 8 nitrogen and oxygen atoms in total. The Morgan fingerprint density at radius 1 is 1.50 bits per heavy atom. The summed E-state index contributed by atoms with van der Waals surface area (Å²) in [6, 6.07) is -1.48. The van der Waals surface area contributed by atoms with Crippen LogP contribution in [0.3, 0.4) is 0 Å². The Kier molecular flexibility index (Phi) is 7.12. The first kappa shape index (κ1) is 16.0. The van der Waals surface area contributed by atoms with E-state index in [4.69, 9.17) is 9.84 Å². The van der Waals surface area contributed by atoms with Crippen molar-refractivity contribution < 1.29 is 19.4 Å². The van der Waals surface area contributed by atoms with Crippen molar-refractivity contribution in [2.24, 2.45) is 0 Å². The summed E-state index contributed by atoms with van der Waals surface area (Å²) in [5.74, 6) is -1.09. The number of aromatic amines is 1. The highest BCUT2D eigenvalue weighted by Gasteiger charge is 2.20. The van der Waals surface area contributed by atoms with E-state index < -0.39 is 18.0 Å². The molecule has 0 spiro atoms. The highest BCUT2D eigenvalue weighted by atomic mass is 16.5. The SMILES string of the molecule is COCCCCNC(=O)N[C@H](Cc1cnc[nH]1)C(=O)O. The minimum atomic E-state index is -1.09. The van der Waals surface area contributed by atoms with Crippen molar-refractivity contribution in [3.63, 3.8) is 0 Å². The molecule has 1 aromatic rings. The Morgan fingerprint density at radius 2 is 2.30 bits per heavy atom. The number of imidazole rings is 1. The Morgan fingerprint density at radius 3 is 2.90 bits per heavy atom. The number of carbonyl (C=O) groups is 2. The maximum absolute atomic E-state index is 11.6. The standard InChI is InChI=1S/C12H20N4O4/c1-20-5-3-2-4-14-12(19)16-10(11(17)18)6-9-7-13-8-15-9/h7-8,10H,2-6H2,1H3,(H,13,15)(H,17,18)(H2,14,16,19)/t10-/m1/s1. The van der Waals surface area contributed by atoms with Crippen molar-refractivity contribution in [3.05, 3.63) is 18.2 Å². The van der Waals surface area contributed by atoms with Crippen molar-refractivity contribution in [2.45, 2.75) is 25.3 Å². The van der Waals surface area contributed by atoms with Gasteiger partial charge in [0.05, 0.1) is 6.33 Å². The average Bonchev–Trinajstić information content (AvgIpc) is 2.90. The lowest BCUT2D eigenvalue weighted by molar-refractivity contribution is -0.139. The first-order valence-electron chi connectivity index (χ1n) is 6.37. The number of unbranched alkanes of at least 4 members (excludes halogenated alkanes) is 1. The average molecular weight is 284 g/mol. The Labute approximate surface area is 116 Å². The van der Waals surface area contributed by atoms with Crippen molar-refractivity contribution in [2.75, 3.05) is 20.3 Å². The van der Waals surface area contributed by atoms with Gasteiger partial charge in [-0.25, -0.2) is 14.6 Å². The van der Waals surface area contributed by atoms with Gasteiger partial charge in [0.15, 0.2) is 0 Å². The highest BCUT2D eigenvalue weighted by molar-refractivity contribution is 5.82. The summed E-state index contributed by atoms with van der Waals surface area (Å²) >= 11 is 0. The van der Waals surface area contributed by atoms with E-state index in [1.165, 1.54) is 12.5 Å². The van der Waals surface area contributed by atoms with Gasteiger partial charge in [0.2, 0.25) is 0 Å². The molecule has 1 atom stereocenters. The van der Waals surface area contributed by atoms with Crippen molar-refractivity contribution in [1.29, 1.82) is 0 Å². The number of ether oxygens (including phenoxy) is 1. The number of carboxylic acids is 1. The summed E-state index contributed by atoms with van der Waals surface area (Å²) in [4.78, 5) is 29.3. The highest BCUT2D eigenvalue weighted by Crippen LogP contribution is 1.98. The largest absolute Gasteiger partial charge is 0.480 e. The molecule has 1 aromatic heterocycles. The van der Waals surface area contributed by atoms with E-state index in [9.17, 15) is 9.59 Å². The second-order valence-electron chi connectivity index (χ2n) is 4.27. The first-order chi connectivity index (χ1) is 9.63. The van der Waals surface area contributed by atoms with Gasteiger partial charge in [-0.15, -0.1) is 0 Å². The van der Waals surface area contributed by atoms with Crippen molar-refractivity contribution in [1.82, 2.24) is 20.6 Å². The van der Waals surface area contributed by atoms with E-state index in [2.05, 4.69) is 20.6 Å². The van der Waals surface area contributed by atoms with E-state index in [1.807, 2.05) is 0 Å². The second-order valence-corrected chi connectivity index (χ2v) is 4.27. The number of carboxylic acid groups (broad SMARTS) is 1. The van der Waals surface area contributed by atoms with Crippen LogP contribution in [0.15, 0.2) is 12.5 Å². The minimum absolute atomic E-state index is 0.159. The number of urea groups is 1. The number of aromatic nitrogens is 2. The van der Waals surface area contributed by atoms with Crippen LogP contribution in [-0.2, 0) is 16.0 Å². The molecule has 8 heteroatoms. The van der Waals surface area contributed by atoms with Crippen LogP contribution in [0.25, 0.3) is 0 Å². The van der Waals surface area contributed by atoms with Crippen LogP contribution in [0.4, 0.5) is 4.79 Å². The number of H-pyrrole nitrogens is 1. The predicted molar refractivity (Wildman–Crippen MR) is 71.4 cm³/mol. The quantitative estimate of drug-likeness (QED) is 0.481. The van der Waals surface area contributed by atoms with Gasteiger partial charge in [-0.05, 0) is 12.8 Å². The lowest BCUT2D eigenvalue weighted by Gasteiger charge is -2.14. The number of nitrogens with one attached hydrogen (secondary N) is 3. The molecule has 0 saturated heterocycles. The summed E-state index contributed by atoms with van der Waals surface area (Å²) in [6.07, 6.45) is 4.77. The molecule has 1 rings (SSSR count). The maximum atomic E-state index is 11.6. The monoisotopic (exact) mass is 284 g/mol. The summed E-state index contributed by atoms with van der Waals surface area (Å²) in [7, 11) is 1.62. The zero-order valence-electron chi connectivity index (χ0n) is 11.4. The molecule has 20 heavy (non-hydrogen) atoms. The van der Waals surface area contributed by atoms with Gasteiger partial charge in [0.25, 0.3) is 0 Å². The molecule has 0 aliphatic rings. The van der Waals surface area contributed by atoms with Crippen LogP contribution in [0, 0.1) is 0 Å². The van der Waals surface area contributed by atoms with Gasteiger partial charge < -0.3 is 25.5 Å². The molecule has 0 fully saturated rings. The van der Waals surface area contributed by atoms with Gasteiger partial charge in [-0.2, -0.15) is 0 Å². The molecule has 4 N–H and O–H groups in total. The van der Waals surface area contributed by atoms with Crippen LogP contribution in [0.2, 0.25) is 0 Å². The normalized spacial score (nSPS) is 11.8. The number of hydrogen-bond donors (Lipinski definition) is 4. The van der Waals surface area contributed by atoms with E-state index >= 15 is 0 Å². The van der Waals surface area contributed by atoms with E-state index in [-0.39, 0.29) is 6.42 Å². The van der Waals surface area contributed by atoms with Crippen LogP contribution < -0.4 is 10.6 Å². The van der Waals surface area contributed by atoms with Crippen LogP contribution >= 0.6 is 0 Å². The number of amides is 2. The summed E-state index contributed by atoms with van der Waals surface area (Å²) in [6.45, 7) is 1.12. The third-order valence-corrected chi connectivity index (χ3v) is 2.64. The molecular weight excluding hydrogens is 264 g/mol. The fraction of sp³-hybridized carbons (Fsp3) is 0.583. The van der Waals surface area contributed by atoms with Crippen LogP contribution in [0.5, 0.6) is 0 Å². The third-order valence-electron chi connectivity index (χ3n) is 2.64. The lowest BCUT2D eigenvalue weighted by Crippen LogP contribution is -2.47. The van der Waals surface area contributed by atoms with Crippen molar-refractivity contribution >= 4 is 12.0 Å². The lowest BCUT2D eigenvalue weighted by atomic mass is 10.2. The zero-order valence-corrected chi connectivity index (χ0v) is 11.4. The van der Waals surface area contributed by atoms with Gasteiger partial charge in [0.1, 0.15) is 6.04 Å². The Hall–Kier alpha value is -2.09. The molecule has 0 aliphatic carbocycles. The summed E-state index contributed by atoms with van der Waals surface area (Å²) in [5, 5.41) is 14.1. The predicted octanol–water partition coefficient (Wildman–Crippen LogP) is 0.131. The fourth-order valence-electron chi connectivity index (χ4n) is 1.60. The molecule has 1 heterocycles. The Bertz CT molecular complexity index is 408. The number of methoxy groups -OCH3 is 1. The molecule has 2 amide bonds. The minimum Gasteiger partial charge on any atom is -0.480 e. The number of carbonyl (C=O) groups excluding carboxylic acids is 1. The van der Waals surface area contributed by atoms with E-state index in [1.54, 1.807) is 7.11 Å². The summed E-state index contributed by atoms with van der Waals surface area (Å²) < 4.78 is 4.89. The number of hydrogen-bond acceptors (Lipinski definition) is 4. The van der Waals surface area contributed by atoms with Gasteiger partial charge in [-0.3, -0.25) is 0 Å². The fourth-order valence-corrected chi connectivity index (χ4v) is 1.60. The molecule has 0 unspecified atom stereocenters. The molecule has 0 bridgehead atoms. The third kappa shape index (κ3) is 6.19. The first-order valence-corrected chi connectivity index (χ1v) is 6.37. The van der Waals surface area contributed by atoms with Gasteiger partial charge in [-0.1, -0.05) is 0 Å². The Balaban J connectivity index is 2.30. The van der Waals surface area contributed by atoms with Crippen molar-refractivity contribution in [3.8, 4) is 0 Å². The smallest absolute Gasteiger partial charge is 0.326 e. The van der Waals surface area contributed by atoms with E-state index in [0.717, 1.165) is 12.8 Å². The molecular formula is C12H20N4O4.